The smallest absolute Gasteiger partial charge is 0.151 e. The standard InChI is InChI=1S/C22H26N2O2S/c1-12-6-13(2)20(14(3)7-12)21-18(25)9-17(22(21)26)8-15(4)23-11-19-24-10-16(5)27-19/h6-7,10,17,21,23H,4,8-9,11H2,1-3,5H3. The Morgan fingerprint density at radius 3 is 2.48 bits per heavy atom. The van der Waals surface area contributed by atoms with Gasteiger partial charge in [0.25, 0.3) is 0 Å². The van der Waals surface area contributed by atoms with E-state index in [1.54, 1.807) is 11.3 Å². The number of aryl methyl sites for hydroxylation is 4. The maximum atomic E-state index is 13.0. The minimum atomic E-state index is -0.620. The number of benzene rings is 1. The van der Waals surface area contributed by atoms with Crippen LogP contribution in [0.4, 0.5) is 0 Å². The highest BCUT2D eigenvalue weighted by atomic mass is 32.1. The van der Waals surface area contributed by atoms with Crippen LogP contribution < -0.4 is 5.32 Å². The van der Waals surface area contributed by atoms with E-state index in [-0.39, 0.29) is 17.5 Å². The Bertz CT molecular complexity index is 890. The number of nitrogens with one attached hydrogen (secondary N) is 1. The third kappa shape index (κ3) is 4.19. The zero-order valence-corrected chi connectivity index (χ0v) is 17.2. The zero-order chi connectivity index (χ0) is 19.7. The number of aromatic nitrogens is 1. The number of thiazole rings is 1. The van der Waals surface area contributed by atoms with Gasteiger partial charge in [-0.05, 0) is 50.8 Å². The van der Waals surface area contributed by atoms with E-state index in [4.69, 9.17) is 0 Å². The first-order valence-electron chi connectivity index (χ1n) is 9.23. The van der Waals surface area contributed by atoms with E-state index in [9.17, 15) is 9.59 Å². The minimum Gasteiger partial charge on any atom is -0.382 e. The minimum absolute atomic E-state index is 0.0306. The number of hydrogen-bond donors (Lipinski definition) is 1. The van der Waals surface area contributed by atoms with Gasteiger partial charge in [0, 0.05) is 29.1 Å². The van der Waals surface area contributed by atoms with E-state index in [1.165, 1.54) is 4.88 Å². The van der Waals surface area contributed by atoms with Crippen LogP contribution >= 0.6 is 11.3 Å². The van der Waals surface area contributed by atoms with Crippen LogP contribution in [-0.2, 0) is 16.1 Å². The third-order valence-corrected chi connectivity index (χ3v) is 6.05. The Morgan fingerprint density at radius 1 is 1.22 bits per heavy atom. The molecule has 2 atom stereocenters. The molecule has 1 aromatic carbocycles. The fourth-order valence-corrected chi connectivity index (χ4v) is 4.76. The lowest BCUT2D eigenvalue weighted by atomic mass is 9.86. The van der Waals surface area contributed by atoms with Crippen LogP contribution in [0, 0.1) is 33.6 Å². The fraction of sp³-hybridized carbons (Fsp3) is 0.409. The lowest BCUT2D eigenvalue weighted by Crippen LogP contribution is -2.20. The normalized spacial score (nSPS) is 19.6. The zero-order valence-electron chi connectivity index (χ0n) is 16.4. The van der Waals surface area contributed by atoms with Crippen molar-refractivity contribution in [1.82, 2.24) is 10.3 Å². The predicted molar refractivity (Wildman–Crippen MR) is 109 cm³/mol. The fourth-order valence-electron chi connectivity index (χ4n) is 4.03. The Balaban J connectivity index is 1.68. The molecule has 0 radical (unpaired) electrons. The van der Waals surface area contributed by atoms with Gasteiger partial charge in [-0.3, -0.25) is 9.59 Å². The molecule has 1 aliphatic rings. The largest absolute Gasteiger partial charge is 0.382 e. The van der Waals surface area contributed by atoms with E-state index in [0.717, 1.165) is 33.0 Å². The van der Waals surface area contributed by atoms with E-state index in [0.29, 0.717) is 19.4 Å². The van der Waals surface area contributed by atoms with Crippen molar-refractivity contribution >= 4 is 22.9 Å². The van der Waals surface area contributed by atoms with Crippen LogP contribution in [0.1, 0.15) is 50.9 Å². The molecular formula is C22H26N2O2S. The van der Waals surface area contributed by atoms with Gasteiger partial charge < -0.3 is 5.32 Å². The predicted octanol–water partition coefficient (Wildman–Crippen LogP) is 4.31. The molecule has 4 nitrogen and oxygen atoms in total. The van der Waals surface area contributed by atoms with Crippen molar-refractivity contribution in [2.45, 2.75) is 53.0 Å². The highest BCUT2D eigenvalue weighted by Gasteiger charge is 2.43. The molecular weight excluding hydrogens is 356 g/mol. The van der Waals surface area contributed by atoms with Crippen LogP contribution in [0.2, 0.25) is 0 Å². The lowest BCUT2D eigenvalue weighted by molar-refractivity contribution is -0.124. The maximum absolute atomic E-state index is 13.0. The Morgan fingerprint density at radius 2 is 1.89 bits per heavy atom. The molecule has 27 heavy (non-hydrogen) atoms. The average molecular weight is 383 g/mol. The Kier molecular flexibility index (Phi) is 5.61. The summed E-state index contributed by atoms with van der Waals surface area (Å²) in [6.45, 7) is 12.7. The summed E-state index contributed by atoms with van der Waals surface area (Å²) in [5.41, 5.74) is 4.88. The second-order valence-corrected chi connectivity index (χ2v) is 8.86. The molecule has 2 unspecified atom stereocenters. The van der Waals surface area contributed by atoms with Crippen molar-refractivity contribution in [3.8, 4) is 0 Å². The number of Topliss-reactive ketones (excluding diaryl/α,β-unsaturated/α-hetero) is 2. The molecule has 0 amide bonds. The maximum Gasteiger partial charge on any atom is 0.151 e. The molecule has 1 N–H and O–H groups in total. The molecule has 1 fully saturated rings. The number of allylic oxidation sites excluding steroid dienone is 1. The van der Waals surface area contributed by atoms with Crippen LogP contribution in [0.3, 0.4) is 0 Å². The van der Waals surface area contributed by atoms with Crippen molar-refractivity contribution in [2.75, 3.05) is 0 Å². The number of hydrogen-bond acceptors (Lipinski definition) is 5. The SMILES string of the molecule is C=C(CC1CC(=O)C(c2c(C)cc(C)cc2C)C1=O)NCc1ncc(C)s1. The number of carbonyl (C=O) groups excluding carboxylic acids is 2. The van der Waals surface area contributed by atoms with E-state index < -0.39 is 5.92 Å². The molecule has 0 saturated heterocycles. The number of carbonyl (C=O) groups is 2. The van der Waals surface area contributed by atoms with Gasteiger partial charge in [-0.15, -0.1) is 11.3 Å². The summed E-state index contributed by atoms with van der Waals surface area (Å²) in [5, 5.41) is 4.24. The number of rotatable bonds is 6. The van der Waals surface area contributed by atoms with Crippen molar-refractivity contribution in [3.05, 3.63) is 62.7 Å². The van der Waals surface area contributed by atoms with Crippen LogP contribution in [0.5, 0.6) is 0 Å². The molecule has 0 spiro atoms. The number of ketones is 2. The second-order valence-electron chi connectivity index (χ2n) is 7.54. The van der Waals surface area contributed by atoms with Gasteiger partial charge in [0.05, 0.1) is 6.54 Å². The first-order chi connectivity index (χ1) is 12.8. The molecule has 1 aromatic heterocycles. The van der Waals surface area contributed by atoms with Gasteiger partial charge in [-0.2, -0.15) is 0 Å². The van der Waals surface area contributed by atoms with Gasteiger partial charge in [0.2, 0.25) is 0 Å². The van der Waals surface area contributed by atoms with Crippen molar-refractivity contribution < 1.29 is 9.59 Å². The highest BCUT2D eigenvalue weighted by molar-refractivity contribution is 7.11. The van der Waals surface area contributed by atoms with Crippen LogP contribution in [0.15, 0.2) is 30.6 Å². The first-order valence-corrected chi connectivity index (χ1v) is 10.0. The highest BCUT2D eigenvalue weighted by Crippen LogP contribution is 2.38. The van der Waals surface area contributed by atoms with Crippen LogP contribution in [-0.4, -0.2) is 16.6 Å². The molecule has 1 heterocycles. The van der Waals surface area contributed by atoms with Crippen LogP contribution in [0.25, 0.3) is 0 Å². The summed E-state index contributed by atoms with van der Waals surface area (Å²) in [5.74, 6) is -0.850. The quantitative estimate of drug-likeness (QED) is 0.756. The average Bonchev–Trinajstić information content (AvgIpc) is 3.10. The molecule has 1 aliphatic carbocycles. The molecule has 142 valence electrons. The monoisotopic (exact) mass is 382 g/mol. The van der Waals surface area contributed by atoms with E-state index in [2.05, 4.69) is 16.9 Å². The molecule has 2 aromatic rings. The molecule has 3 rings (SSSR count). The lowest BCUT2D eigenvalue weighted by Gasteiger charge is -2.17. The molecule has 1 saturated carbocycles. The molecule has 0 bridgehead atoms. The summed E-state index contributed by atoms with van der Waals surface area (Å²) >= 11 is 1.64. The van der Waals surface area contributed by atoms with Gasteiger partial charge in [-0.25, -0.2) is 4.98 Å². The second kappa shape index (κ2) is 7.77. The van der Waals surface area contributed by atoms with E-state index in [1.807, 2.05) is 46.0 Å². The van der Waals surface area contributed by atoms with Crippen molar-refractivity contribution in [2.24, 2.45) is 5.92 Å². The Hall–Kier alpha value is -2.27. The summed E-state index contributed by atoms with van der Waals surface area (Å²) in [7, 11) is 0. The Labute approximate surface area is 164 Å². The van der Waals surface area contributed by atoms with Gasteiger partial charge in [0.15, 0.2) is 5.78 Å². The van der Waals surface area contributed by atoms with Crippen molar-refractivity contribution in [3.63, 3.8) is 0 Å². The van der Waals surface area contributed by atoms with Crippen molar-refractivity contribution in [1.29, 1.82) is 0 Å². The third-order valence-electron chi connectivity index (χ3n) is 5.13. The van der Waals surface area contributed by atoms with Gasteiger partial charge >= 0.3 is 0 Å². The molecule has 5 heteroatoms. The first kappa shape index (κ1) is 19.5. The summed E-state index contributed by atoms with van der Waals surface area (Å²) in [4.78, 5) is 31.2. The topological polar surface area (TPSA) is 59.1 Å². The summed E-state index contributed by atoms with van der Waals surface area (Å²) in [6, 6.07) is 4.10. The van der Waals surface area contributed by atoms with E-state index >= 15 is 0 Å². The molecule has 0 aliphatic heterocycles. The van der Waals surface area contributed by atoms with Gasteiger partial charge in [0.1, 0.15) is 16.7 Å². The summed E-state index contributed by atoms with van der Waals surface area (Å²) in [6.07, 6.45) is 2.64. The number of nitrogens with zero attached hydrogens (tertiary/aromatic N) is 1. The van der Waals surface area contributed by atoms with Gasteiger partial charge in [-0.1, -0.05) is 24.3 Å². The summed E-state index contributed by atoms with van der Waals surface area (Å²) < 4.78 is 0.